The molecule has 6 nitrogen and oxygen atoms in total. The van der Waals surface area contributed by atoms with Gasteiger partial charge < -0.3 is 5.32 Å². The van der Waals surface area contributed by atoms with Gasteiger partial charge in [0.15, 0.2) is 0 Å². The standard InChI is InChI=1S/C29H29N3O3S/c1-21-13-15-22(16-14-21)28-20-26(25-11-4-5-12-27(25)31-28)29(33)30-23-9-8-10-24(19-23)36(34,35)32-17-6-2-3-7-18-32/h4-5,8-16,19-20H,2-3,6-7,17-18H2,1H3,(H,30,33). The van der Waals surface area contributed by atoms with Gasteiger partial charge in [0.25, 0.3) is 5.91 Å². The van der Waals surface area contributed by atoms with Crippen molar-refractivity contribution in [3.63, 3.8) is 0 Å². The number of sulfonamides is 1. The van der Waals surface area contributed by atoms with E-state index in [2.05, 4.69) is 5.32 Å². The van der Waals surface area contributed by atoms with Crippen LogP contribution >= 0.6 is 0 Å². The molecule has 7 heteroatoms. The Morgan fingerprint density at radius 1 is 0.861 bits per heavy atom. The largest absolute Gasteiger partial charge is 0.322 e. The summed E-state index contributed by atoms with van der Waals surface area (Å²) in [6.45, 7) is 3.09. The number of aromatic nitrogens is 1. The van der Waals surface area contributed by atoms with Gasteiger partial charge in [-0.1, -0.05) is 66.9 Å². The van der Waals surface area contributed by atoms with E-state index >= 15 is 0 Å². The highest BCUT2D eigenvalue weighted by atomic mass is 32.2. The van der Waals surface area contributed by atoms with E-state index in [0.717, 1.165) is 47.7 Å². The molecule has 1 amide bonds. The topological polar surface area (TPSA) is 79.4 Å². The van der Waals surface area contributed by atoms with Crippen molar-refractivity contribution in [3.05, 3.63) is 90.0 Å². The van der Waals surface area contributed by atoms with E-state index in [1.165, 1.54) is 0 Å². The summed E-state index contributed by atoms with van der Waals surface area (Å²) in [6.07, 6.45) is 3.83. The minimum absolute atomic E-state index is 0.196. The van der Waals surface area contributed by atoms with Gasteiger partial charge in [-0.25, -0.2) is 13.4 Å². The molecule has 0 radical (unpaired) electrons. The Morgan fingerprint density at radius 3 is 2.33 bits per heavy atom. The number of anilines is 1. The lowest BCUT2D eigenvalue weighted by Crippen LogP contribution is -2.32. The third-order valence-electron chi connectivity index (χ3n) is 6.60. The Labute approximate surface area is 212 Å². The van der Waals surface area contributed by atoms with E-state index in [1.54, 1.807) is 34.6 Å². The number of hydrogen-bond donors (Lipinski definition) is 1. The summed E-state index contributed by atoms with van der Waals surface area (Å²) in [6, 6.07) is 23.9. The highest BCUT2D eigenvalue weighted by molar-refractivity contribution is 7.89. The van der Waals surface area contributed by atoms with E-state index in [0.29, 0.717) is 30.0 Å². The SMILES string of the molecule is Cc1ccc(-c2cc(C(=O)Nc3cccc(S(=O)(=O)N4CCCCCC4)c3)c3ccccc3n2)cc1. The van der Waals surface area contributed by atoms with E-state index < -0.39 is 10.0 Å². The summed E-state index contributed by atoms with van der Waals surface area (Å²) in [4.78, 5) is 18.4. The summed E-state index contributed by atoms with van der Waals surface area (Å²) >= 11 is 0. The monoisotopic (exact) mass is 499 g/mol. The molecular weight excluding hydrogens is 470 g/mol. The molecule has 2 heterocycles. The molecular formula is C29H29N3O3S. The zero-order chi connectivity index (χ0) is 25.1. The quantitative estimate of drug-likeness (QED) is 0.364. The molecule has 0 saturated carbocycles. The van der Waals surface area contributed by atoms with E-state index in [9.17, 15) is 13.2 Å². The first-order valence-corrected chi connectivity index (χ1v) is 13.7. The number of pyridine rings is 1. The van der Waals surface area contributed by atoms with Crippen molar-refractivity contribution < 1.29 is 13.2 Å². The van der Waals surface area contributed by atoms with Crippen LogP contribution in [0.3, 0.4) is 0 Å². The van der Waals surface area contributed by atoms with Crippen molar-refractivity contribution in [1.29, 1.82) is 0 Å². The number of carbonyl (C=O) groups excluding carboxylic acids is 1. The highest BCUT2D eigenvalue weighted by Crippen LogP contribution is 2.27. The predicted molar refractivity (Wildman–Crippen MR) is 144 cm³/mol. The predicted octanol–water partition coefficient (Wildman–Crippen LogP) is 6.03. The maximum atomic E-state index is 13.5. The van der Waals surface area contributed by atoms with E-state index in [-0.39, 0.29) is 10.8 Å². The summed E-state index contributed by atoms with van der Waals surface area (Å²) in [5.74, 6) is -0.314. The Bertz CT molecular complexity index is 1510. The van der Waals surface area contributed by atoms with Gasteiger partial charge >= 0.3 is 0 Å². The molecule has 1 aliphatic heterocycles. The van der Waals surface area contributed by atoms with Gasteiger partial charge in [-0.2, -0.15) is 4.31 Å². The van der Waals surface area contributed by atoms with E-state index in [1.807, 2.05) is 55.5 Å². The zero-order valence-corrected chi connectivity index (χ0v) is 21.1. The first kappa shape index (κ1) is 24.2. The number of aryl methyl sites for hydroxylation is 1. The number of nitrogens with zero attached hydrogens (tertiary/aromatic N) is 2. The molecule has 4 aromatic rings. The van der Waals surface area contributed by atoms with Crippen LogP contribution in [0.25, 0.3) is 22.2 Å². The second-order valence-electron chi connectivity index (χ2n) is 9.24. The van der Waals surface area contributed by atoms with E-state index in [4.69, 9.17) is 4.98 Å². The van der Waals surface area contributed by atoms with Crippen LogP contribution in [0.15, 0.2) is 83.8 Å². The number of nitrogens with one attached hydrogen (secondary N) is 1. The molecule has 0 bridgehead atoms. The number of para-hydroxylation sites is 1. The fraction of sp³-hybridized carbons (Fsp3) is 0.241. The smallest absolute Gasteiger partial charge is 0.256 e. The second-order valence-corrected chi connectivity index (χ2v) is 11.2. The lowest BCUT2D eigenvalue weighted by atomic mass is 10.0. The van der Waals surface area contributed by atoms with Gasteiger partial charge in [0.1, 0.15) is 0 Å². The Kier molecular flexibility index (Phi) is 6.85. The van der Waals surface area contributed by atoms with Crippen molar-refractivity contribution >= 4 is 32.5 Å². The Morgan fingerprint density at radius 2 is 1.58 bits per heavy atom. The second kappa shape index (κ2) is 10.2. The normalized spacial score (nSPS) is 14.9. The summed E-state index contributed by atoms with van der Waals surface area (Å²) in [5, 5.41) is 3.65. The lowest BCUT2D eigenvalue weighted by Gasteiger charge is -2.20. The van der Waals surface area contributed by atoms with Crippen molar-refractivity contribution in [3.8, 4) is 11.3 Å². The van der Waals surface area contributed by atoms with Crippen LogP contribution in [0.2, 0.25) is 0 Å². The average molecular weight is 500 g/mol. The molecule has 184 valence electrons. The molecule has 1 fully saturated rings. The molecule has 0 spiro atoms. The van der Waals surface area contributed by atoms with Gasteiger partial charge in [-0.15, -0.1) is 0 Å². The van der Waals surface area contributed by atoms with Crippen LogP contribution in [0.5, 0.6) is 0 Å². The maximum Gasteiger partial charge on any atom is 0.256 e. The molecule has 0 atom stereocenters. The van der Waals surface area contributed by atoms with Crippen LogP contribution < -0.4 is 5.32 Å². The summed E-state index contributed by atoms with van der Waals surface area (Å²) < 4.78 is 28.1. The van der Waals surface area contributed by atoms with Crippen LogP contribution in [0.4, 0.5) is 5.69 Å². The molecule has 1 N–H and O–H groups in total. The molecule has 3 aromatic carbocycles. The number of amides is 1. The summed E-state index contributed by atoms with van der Waals surface area (Å²) in [5.41, 5.74) is 4.42. The third-order valence-corrected chi connectivity index (χ3v) is 8.50. The van der Waals surface area contributed by atoms with Crippen LogP contribution in [-0.4, -0.2) is 36.7 Å². The van der Waals surface area contributed by atoms with Gasteiger partial charge in [-0.3, -0.25) is 4.79 Å². The van der Waals surface area contributed by atoms with Gasteiger partial charge in [0, 0.05) is 29.7 Å². The van der Waals surface area contributed by atoms with Gasteiger partial charge in [0.2, 0.25) is 10.0 Å². The molecule has 5 rings (SSSR count). The molecule has 36 heavy (non-hydrogen) atoms. The number of hydrogen-bond acceptors (Lipinski definition) is 4. The first-order valence-electron chi connectivity index (χ1n) is 12.3. The maximum absolute atomic E-state index is 13.5. The fourth-order valence-corrected chi connectivity index (χ4v) is 6.16. The van der Waals surface area contributed by atoms with Crippen molar-refractivity contribution in [2.75, 3.05) is 18.4 Å². The third kappa shape index (κ3) is 5.03. The lowest BCUT2D eigenvalue weighted by molar-refractivity contribution is 0.102. The molecule has 1 aliphatic rings. The summed E-state index contributed by atoms with van der Waals surface area (Å²) in [7, 11) is -3.62. The number of rotatable bonds is 5. The van der Waals surface area contributed by atoms with Gasteiger partial charge in [0.05, 0.1) is 21.7 Å². The minimum Gasteiger partial charge on any atom is -0.322 e. The fourth-order valence-electron chi connectivity index (χ4n) is 4.60. The molecule has 1 saturated heterocycles. The van der Waals surface area contributed by atoms with Crippen molar-refractivity contribution in [1.82, 2.24) is 9.29 Å². The Balaban J connectivity index is 1.47. The van der Waals surface area contributed by atoms with Crippen LogP contribution in [0.1, 0.15) is 41.6 Å². The average Bonchev–Trinajstić information content (AvgIpc) is 3.19. The van der Waals surface area contributed by atoms with Crippen LogP contribution in [0, 0.1) is 6.92 Å². The number of carbonyl (C=O) groups is 1. The first-order chi connectivity index (χ1) is 17.4. The zero-order valence-electron chi connectivity index (χ0n) is 20.3. The molecule has 0 aliphatic carbocycles. The van der Waals surface area contributed by atoms with Crippen molar-refractivity contribution in [2.45, 2.75) is 37.5 Å². The highest BCUT2D eigenvalue weighted by Gasteiger charge is 2.25. The number of benzene rings is 3. The number of fused-ring (bicyclic) bond motifs is 1. The Hall–Kier alpha value is -3.55. The minimum atomic E-state index is -3.62. The van der Waals surface area contributed by atoms with Crippen molar-refractivity contribution in [2.24, 2.45) is 0 Å². The van der Waals surface area contributed by atoms with Gasteiger partial charge in [-0.05, 0) is 50.1 Å². The van der Waals surface area contributed by atoms with Crippen LogP contribution in [-0.2, 0) is 10.0 Å². The molecule has 0 unspecified atom stereocenters. The molecule has 1 aromatic heterocycles.